The highest BCUT2D eigenvalue weighted by atomic mass is 32.1. The van der Waals surface area contributed by atoms with E-state index in [1.165, 1.54) is 11.1 Å². The molecular formula is C22H23N2O3S-. The molecule has 5 nitrogen and oxygen atoms in total. The predicted octanol–water partition coefficient (Wildman–Crippen LogP) is 3.63. The van der Waals surface area contributed by atoms with Gasteiger partial charge in [-0.3, -0.25) is 0 Å². The molecule has 146 valence electrons. The Bertz CT molecular complexity index is 934. The molecule has 0 amide bonds. The Kier molecular flexibility index (Phi) is 5.99. The number of ether oxygens (including phenoxy) is 1. The lowest BCUT2D eigenvalue weighted by Crippen LogP contribution is -2.21. The van der Waals surface area contributed by atoms with Crippen LogP contribution in [0.3, 0.4) is 0 Å². The maximum Gasteiger partial charge on any atom is 0.183 e. The third-order valence-corrected chi connectivity index (χ3v) is 5.80. The van der Waals surface area contributed by atoms with Crippen molar-refractivity contribution in [1.29, 1.82) is 0 Å². The van der Waals surface area contributed by atoms with E-state index in [1.807, 2.05) is 18.2 Å². The molecule has 28 heavy (non-hydrogen) atoms. The molecular weight excluding hydrogens is 372 g/mol. The van der Waals surface area contributed by atoms with Crippen molar-refractivity contribution in [2.75, 3.05) is 18.5 Å². The number of carbonyl (C=O) groups is 1. The van der Waals surface area contributed by atoms with Crippen molar-refractivity contribution in [2.45, 2.75) is 26.2 Å². The topological polar surface area (TPSA) is 74.3 Å². The highest BCUT2D eigenvalue weighted by Crippen LogP contribution is 2.32. The molecule has 1 N–H and O–H groups in total. The molecule has 0 saturated heterocycles. The number of rotatable bonds is 8. The highest BCUT2D eigenvalue weighted by molar-refractivity contribution is 7.17. The van der Waals surface area contributed by atoms with Crippen LogP contribution in [0.5, 0.6) is 5.75 Å². The van der Waals surface area contributed by atoms with Crippen LogP contribution in [-0.4, -0.2) is 24.1 Å². The van der Waals surface area contributed by atoms with Gasteiger partial charge in [0.05, 0.1) is 23.1 Å². The molecule has 3 aromatic rings. The van der Waals surface area contributed by atoms with Gasteiger partial charge < -0.3 is 20.0 Å². The molecule has 6 heteroatoms. The lowest BCUT2D eigenvalue weighted by molar-refractivity contribution is -0.254. The number of anilines is 1. The molecule has 0 fully saturated rings. The molecule has 0 saturated carbocycles. The summed E-state index contributed by atoms with van der Waals surface area (Å²) >= 11 is 1.08. The van der Waals surface area contributed by atoms with Gasteiger partial charge in [0.1, 0.15) is 12.4 Å². The number of aromatic nitrogens is 1. The maximum absolute atomic E-state index is 10.9. The molecule has 0 spiro atoms. The van der Waals surface area contributed by atoms with Gasteiger partial charge >= 0.3 is 0 Å². The Labute approximate surface area is 169 Å². The van der Waals surface area contributed by atoms with Crippen LogP contribution in [0.2, 0.25) is 0 Å². The van der Waals surface area contributed by atoms with Gasteiger partial charge in [0.25, 0.3) is 0 Å². The number of carboxylic acids is 1. The summed E-state index contributed by atoms with van der Waals surface area (Å²) in [6, 6.07) is 18.5. The summed E-state index contributed by atoms with van der Waals surface area (Å²) < 4.78 is 5.77. The van der Waals surface area contributed by atoms with Crippen LogP contribution in [0.15, 0.2) is 54.6 Å². The number of thiazole rings is 1. The lowest BCUT2D eigenvalue weighted by Gasteiger charge is -2.26. The summed E-state index contributed by atoms with van der Waals surface area (Å²) in [6.45, 7) is 7.04. The summed E-state index contributed by atoms with van der Waals surface area (Å²) in [5.41, 5.74) is 2.87. The van der Waals surface area contributed by atoms with E-state index in [9.17, 15) is 9.90 Å². The minimum Gasteiger partial charge on any atom is -0.544 e. The Hall–Kier alpha value is -2.86. The number of hydrogen-bond acceptors (Lipinski definition) is 6. The van der Waals surface area contributed by atoms with Crippen molar-refractivity contribution < 1.29 is 14.6 Å². The first kappa shape index (κ1) is 19.9. The first-order chi connectivity index (χ1) is 13.4. The second-order valence-electron chi connectivity index (χ2n) is 7.01. The number of carbonyl (C=O) groups excluding carboxylic acids is 1. The second-order valence-corrected chi connectivity index (χ2v) is 8.01. The predicted molar refractivity (Wildman–Crippen MR) is 110 cm³/mol. The third-order valence-electron chi connectivity index (χ3n) is 4.70. The van der Waals surface area contributed by atoms with E-state index >= 15 is 0 Å². The van der Waals surface area contributed by atoms with Crippen molar-refractivity contribution >= 4 is 22.4 Å². The summed E-state index contributed by atoms with van der Waals surface area (Å²) in [5.74, 6) is -0.405. The normalized spacial score (nSPS) is 11.2. The van der Waals surface area contributed by atoms with E-state index in [-0.39, 0.29) is 10.3 Å². The van der Waals surface area contributed by atoms with Gasteiger partial charge in [0.2, 0.25) is 0 Å². The molecule has 1 aromatic heterocycles. The molecule has 1 heterocycles. The average Bonchev–Trinajstić information content (AvgIpc) is 3.07. The smallest absolute Gasteiger partial charge is 0.183 e. The van der Waals surface area contributed by atoms with E-state index in [4.69, 9.17) is 4.74 Å². The number of aromatic carboxylic acids is 1. The van der Waals surface area contributed by atoms with Crippen LogP contribution in [0, 0.1) is 6.92 Å². The number of aryl methyl sites for hydroxylation is 1. The SMILES string of the molecule is Cc1nc(NCCOc2ccc(C(C)(C)c3ccccc3)cc2)sc1C(=O)[O-]. The number of nitrogens with zero attached hydrogens (tertiary/aromatic N) is 1. The lowest BCUT2D eigenvalue weighted by atomic mass is 9.78. The van der Waals surface area contributed by atoms with Crippen LogP contribution in [0.1, 0.15) is 40.3 Å². The zero-order valence-electron chi connectivity index (χ0n) is 16.2. The molecule has 0 aliphatic rings. The molecule has 0 aliphatic carbocycles. The zero-order chi connectivity index (χ0) is 20.1. The zero-order valence-corrected chi connectivity index (χ0v) is 17.0. The van der Waals surface area contributed by atoms with Gasteiger partial charge in [-0.15, -0.1) is 0 Å². The Morgan fingerprint density at radius 1 is 1.11 bits per heavy atom. The minimum atomic E-state index is -1.20. The summed E-state index contributed by atoms with van der Waals surface area (Å²) in [7, 11) is 0. The second kappa shape index (κ2) is 8.44. The first-order valence-corrected chi connectivity index (χ1v) is 9.91. The number of carboxylic acid groups (broad SMARTS) is 1. The largest absolute Gasteiger partial charge is 0.544 e. The summed E-state index contributed by atoms with van der Waals surface area (Å²) in [4.78, 5) is 15.3. The fourth-order valence-electron chi connectivity index (χ4n) is 2.98. The maximum atomic E-state index is 10.9. The Morgan fingerprint density at radius 3 is 2.36 bits per heavy atom. The summed E-state index contributed by atoms with van der Waals surface area (Å²) in [6.07, 6.45) is 0. The van der Waals surface area contributed by atoms with Crippen LogP contribution in [-0.2, 0) is 5.41 Å². The quantitative estimate of drug-likeness (QED) is 0.590. The fourth-order valence-corrected chi connectivity index (χ4v) is 3.80. The number of nitrogens with one attached hydrogen (secondary N) is 1. The standard InChI is InChI=1S/C22H24N2O3S/c1-15-19(20(25)26)28-21(24-15)23-13-14-27-18-11-9-17(10-12-18)22(2,3)16-7-5-4-6-8-16/h4-12H,13-14H2,1-3H3,(H,23,24)(H,25,26)/p-1. The van der Waals surface area contributed by atoms with Crippen LogP contribution in [0.25, 0.3) is 0 Å². The van der Waals surface area contributed by atoms with Gasteiger partial charge in [0.15, 0.2) is 5.13 Å². The Morgan fingerprint density at radius 2 is 1.75 bits per heavy atom. The summed E-state index contributed by atoms with van der Waals surface area (Å²) in [5, 5.41) is 14.6. The van der Waals surface area contributed by atoms with Crippen LogP contribution < -0.4 is 15.2 Å². The molecule has 0 unspecified atom stereocenters. The van der Waals surface area contributed by atoms with Crippen LogP contribution in [0.4, 0.5) is 5.13 Å². The highest BCUT2D eigenvalue weighted by Gasteiger charge is 2.22. The van der Waals surface area contributed by atoms with E-state index < -0.39 is 5.97 Å². The third kappa shape index (κ3) is 4.51. The molecule has 0 atom stereocenters. The van der Waals surface area contributed by atoms with Gasteiger partial charge in [-0.05, 0) is 30.2 Å². The van der Waals surface area contributed by atoms with Gasteiger partial charge in [-0.25, -0.2) is 4.98 Å². The average molecular weight is 396 g/mol. The molecule has 3 rings (SSSR count). The number of hydrogen-bond donors (Lipinski definition) is 1. The number of benzene rings is 2. The van der Waals surface area contributed by atoms with Gasteiger partial charge in [-0.2, -0.15) is 0 Å². The van der Waals surface area contributed by atoms with E-state index in [0.29, 0.717) is 24.0 Å². The van der Waals surface area contributed by atoms with Crippen LogP contribution >= 0.6 is 11.3 Å². The van der Waals surface area contributed by atoms with Crippen molar-refractivity contribution in [3.05, 3.63) is 76.3 Å². The molecule has 0 bridgehead atoms. The van der Waals surface area contributed by atoms with Gasteiger partial charge in [-0.1, -0.05) is 67.6 Å². The van der Waals surface area contributed by atoms with Crippen molar-refractivity contribution in [3.63, 3.8) is 0 Å². The minimum absolute atomic E-state index is 0.0826. The van der Waals surface area contributed by atoms with E-state index in [2.05, 4.69) is 60.5 Å². The molecule has 0 aliphatic heterocycles. The monoisotopic (exact) mass is 395 g/mol. The molecule has 0 radical (unpaired) electrons. The van der Waals surface area contributed by atoms with E-state index in [1.54, 1.807) is 6.92 Å². The Balaban J connectivity index is 1.54. The molecule has 2 aromatic carbocycles. The first-order valence-electron chi connectivity index (χ1n) is 9.09. The van der Waals surface area contributed by atoms with Crippen molar-refractivity contribution in [3.8, 4) is 5.75 Å². The fraction of sp³-hybridized carbons (Fsp3) is 0.273. The van der Waals surface area contributed by atoms with Crippen molar-refractivity contribution in [2.24, 2.45) is 0 Å². The van der Waals surface area contributed by atoms with E-state index in [0.717, 1.165) is 17.1 Å². The van der Waals surface area contributed by atoms with Crippen molar-refractivity contribution in [1.82, 2.24) is 4.98 Å². The van der Waals surface area contributed by atoms with Gasteiger partial charge in [0, 0.05) is 5.41 Å².